The van der Waals surface area contributed by atoms with Gasteiger partial charge in [-0.15, -0.1) is 0 Å². The van der Waals surface area contributed by atoms with Gasteiger partial charge in [0.25, 0.3) is 6.47 Å². The molecule has 0 amide bonds. The fourth-order valence-corrected chi connectivity index (χ4v) is 0.497. The lowest BCUT2D eigenvalue weighted by Gasteiger charge is -2.21. The number of ether oxygens (including phenoxy) is 2. The zero-order valence-corrected chi connectivity index (χ0v) is 6.01. The third-order valence-corrected chi connectivity index (χ3v) is 0.824. The molecule has 0 saturated heterocycles. The fraction of sp³-hybridized carbons (Fsp3) is 0.833. The summed E-state index contributed by atoms with van der Waals surface area (Å²) in [5.74, 6) is -0.767. The van der Waals surface area contributed by atoms with Gasteiger partial charge in [0, 0.05) is 20.5 Å². The van der Waals surface area contributed by atoms with Gasteiger partial charge in [0.2, 0.25) is 5.79 Å². The first kappa shape index (κ1) is 8.43. The van der Waals surface area contributed by atoms with E-state index in [0.29, 0.717) is 13.1 Å². The van der Waals surface area contributed by atoms with E-state index in [1.54, 1.807) is 13.8 Å². The molecule has 0 aromatic rings. The van der Waals surface area contributed by atoms with Crippen LogP contribution in [0.5, 0.6) is 0 Å². The summed E-state index contributed by atoms with van der Waals surface area (Å²) in [6, 6.07) is 0. The van der Waals surface area contributed by atoms with Gasteiger partial charge in [-0.05, 0) is 6.92 Å². The normalized spacial score (nSPS) is 11.0. The molecule has 3 heteroatoms. The van der Waals surface area contributed by atoms with E-state index in [-0.39, 0.29) is 0 Å². The van der Waals surface area contributed by atoms with Crippen LogP contribution in [0.15, 0.2) is 0 Å². The van der Waals surface area contributed by atoms with Crippen LogP contribution in [0.4, 0.5) is 0 Å². The first-order valence-electron chi connectivity index (χ1n) is 2.88. The van der Waals surface area contributed by atoms with E-state index in [1.165, 1.54) is 0 Å². The Kier molecular flexibility index (Phi) is 3.24. The SMILES string of the molecule is CCOC(C)(C)OC=O. The summed E-state index contributed by atoms with van der Waals surface area (Å²) in [6.45, 7) is 6.14. The van der Waals surface area contributed by atoms with Gasteiger partial charge in [0.15, 0.2) is 0 Å². The Morgan fingerprint density at radius 1 is 1.56 bits per heavy atom. The Labute approximate surface area is 55.0 Å². The third kappa shape index (κ3) is 3.97. The summed E-state index contributed by atoms with van der Waals surface area (Å²) in [4.78, 5) is 9.79. The molecule has 9 heavy (non-hydrogen) atoms. The minimum atomic E-state index is -0.767. The molecule has 0 aliphatic carbocycles. The molecule has 0 heterocycles. The Morgan fingerprint density at radius 2 is 2.11 bits per heavy atom. The van der Waals surface area contributed by atoms with Gasteiger partial charge in [0.1, 0.15) is 0 Å². The summed E-state index contributed by atoms with van der Waals surface area (Å²) < 4.78 is 9.58. The van der Waals surface area contributed by atoms with Crippen molar-refractivity contribution in [1.82, 2.24) is 0 Å². The highest BCUT2D eigenvalue weighted by Crippen LogP contribution is 2.07. The molecule has 0 spiro atoms. The maximum absolute atomic E-state index is 9.79. The molecule has 0 radical (unpaired) electrons. The van der Waals surface area contributed by atoms with E-state index in [9.17, 15) is 4.79 Å². The van der Waals surface area contributed by atoms with Crippen molar-refractivity contribution in [3.8, 4) is 0 Å². The van der Waals surface area contributed by atoms with E-state index < -0.39 is 5.79 Å². The van der Waals surface area contributed by atoms with E-state index in [2.05, 4.69) is 4.74 Å². The monoisotopic (exact) mass is 132 g/mol. The van der Waals surface area contributed by atoms with Crippen LogP contribution in [0.1, 0.15) is 20.8 Å². The topological polar surface area (TPSA) is 35.5 Å². The molecule has 0 atom stereocenters. The van der Waals surface area contributed by atoms with Crippen LogP contribution >= 0.6 is 0 Å². The first-order chi connectivity index (χ1) is 4.12. The van der Waals surface area contributed by atoms with Crippen LogP contribution in [0, 0.1) is 0 Å². The Balaban J connectivity index is 3.55. The van der Waals surface area contributed by atoms with E-state index in [1.807, 2.05) is 6.92 Å². The van der Waals surface area contributed by atoms with Crippen molar-refractivity contribution < 1.29 is 14.3 Å². The number of carbonyl (C=O) groups excluding carboxylic acids is 1. The second kappa shape index (κ2) is 3.45. The van der Waals surface area contributed by atoms with Crippen molar-refractivity contribution in [3.63, 3.8) is 0 Å². The van der Waals surface area contributed by atoms with Crippen LogP contribution in [-0.2, 0) is 14.3 Å². The molecule has 0 fully saturated rings. The molecule has 0 bridgehead atoms. The predicted octanol–water partition coefficient (Wildman–Crippen LogP) is 0.932. The minimum absolute atomic E-state index is 0.385. The van der Waals surface area contributed by atoms with Crippen molar-refractivity contribution in [2.75, 3.05) is 6.61 Å². The lowest BCUT2D eigenvalue weighted by molar-refractivity contribution is -0.201. The van der Waals surface area contributed by atoms with Gasteiger partial charge in [0.05, 0.1) is 0 Å². The smallest absolute Gasteiger partial charge is 0.295 e. The third-order valence-electron chi connectivity index (χ3n) is 0.824. The molecule has 0 unspecified atom stereocenters. The van der Waals surface area contributed by atoms with Gasteiger partial charge in [-0.3, -0.25) is 4.79 Å². The molecule has 0 aromatic heterocycles. The van der Waals surface area contributed by atoms with E-state index in [4.69, 9.17) is 4.74 Å². The Morgan fingerprint density at radius 3 is 2.44 bits per heavy atom. The first-order valence-corrected chi connectivity index (χ1v) is 2.88. The van der Waals surface area contributed by atoms with Gasteiger partial charge in [-0.2, -0.15) is 0 Å². The van der Waals surface area contributed by atoms with Crippen LogP contribution in [0.3, 0.4) is 0 Å². The maximum Gasteiger partial charge on any atom is 0.295 e. The molecule has 0 aromatic carbocycles. The van der Waals surface area contributed by atoms with Crippen molar-refractivity contribution in [1.29, 1.82) is 0 Å². The molecule has 0 rings (SSSR count). The molecular formula is C6H12O3. The minimum Gasteiger partial charge on any atom is -0.436 e. The Hall–Kier alpha value is -0.570. The molecule has 0 aliphatic heterocycles. The standard InChI is InChI=1S/C6H12O3/c1-4-8-6(2,3)9-5-7/h5H,4H2,1-3H3. The van der Waals surface area contributed by atoms with Crippen LogP contribution < -0.4 is 0 Å². The summed E-state index contributed by atoms with van der Waals surface area (Å²) in [7, 11) is 0. The van der Waals surface area contributed by atoms with Crippen LogP contribution in [0.25, 0.3) is 0 Å². The van der Waals surface area contributed by atoms with Gasteiger partial charge < -0.3 is 9.47 Å². The quantitative estimate of drug-likeness (QED) is 0.421. The lowest BCUT2D eigenvalue weighted by atomic mass is 10.4. The number of hydrogen-bond acceptors (Lipinski definition) is 3. The van der Waals surface area contributed by atoms with E-state index >= 15 is 0 Å². The highest BCUT2D eigenvalue weighted by Gasteiger charge is 2.16. The van der Waals surface area contributed by atoms with Crippen LogP contribution in [-0.4, -0.2) is 18.9 Å². The lowest BCUT2D eigenvalue weighted by Crippen LogP contribution is -2.27. The average Bonchev–Trinajstić information content (AvgIpc) is 1.64. The van der Waals surface area contributed by atoms with Crippen molar-refractivity contribution >= 4 is 6.47 Å². The zero-order chi connectivity index (χ0) is 7.33. The highest BCUT2D eigenvalue weighted by atomic mass is 16.7. The predicted molar refractivity (Wildman–Crippen MR) is 32.9 cm³/mol. The Bertz CT molecular complexity index is 88.3. The second-order valence-corrected chi connectivity index (χ2v) is 2.05. The van der Waals surface area contributed by atoms with Crippen molar-refractivity contribution in [2.45, 2.75) is 26.6 Å². The van der Waals surface area contributed by atoms with Crippen molar-refractivity contribution in [3.05, 3.63) is 0 Å². The average molecular weight is 132 g/mol. The van der Waals surface area contributed by atoms with Gasteiger partial charge in [-0.25, -0.2) is 0 Å². The maximum atomic E-state index is 9.79. The second-order valence-electron chi connectivity index (χ2n) is 2.05. The summed E-state index contributed by atoms with van der Waals surface area (Å²) >= 11 is 0. The summed E-state index contributed by atoms with van der Waals surface area (Å²) in [6.07, 6.45) is 0. The highest BCUT2D eigenvalue weighted by molar-refractivity contribution is 5.37. The molecule has 54 valence electrons. The molecule has 3 nitrogen and oxygen atoms in total. The number of carbonyl (C=O) groups is 1. The van der Waals surface area contributed by atoms with Gasteiger partial charge >= 0.3 is 0 Å². The van der Waals surface area contributed by atoms with E-state index in [0.717, 1.165) is 0 Å². The largest absolute Gasteiger partial charge is 0.436 e. The molecule has 0 aliphatic rings. The van der Waals surface area contributed by atoms with Crippen molar-refractivity contribution in [2.24, 2.45) is 0 Å². The van der Waals surface area contributed by atoms with Gasteiger partial charge in [-0.1, -0.05) is 0 Å². The summed E-state index contributed by atoms with van der Waals surface area (Å²) in [5, 5.41) is 0. The molecule has 0 saturated carbocycles. The molecule has 0 N–H and O–H groups in total. The number of hydrogen-bond donors (Lipinski definition) is 0. The van der Waals surface area contributed by atoms with Crippen LogP contribution in [0.2, 0.25) is 0 Å². The number of rotatable bonds is 4. The zero-order valence-electron chi connectivity index (χ0n) is 6.01. The fourth-order valence-electron chi connectivity index (χ4n) is 0.497. The molecular weight excluding hydrogens is 120 g/mol. The summed E-state index contributed by atoms with van der Waals surface area (Å²) in [5.41, 5.74) is 0.